The van der Waals surface area contributed by atoms with Crippen LogP contribution in [-0.4, -0.2) is 27.3 Å². The molecule has 0 radical (unpaired) electrons. The summed E-state index contributed by atoms with van der Waals surface area (Å²) in [4.78, 5) is 24.7. The van der Waals surface area contributed by atoms with Crippen LogP contribution in [0.4, 0.5) is 5.69 Å². The van der Waals surface area contributed by atoms with Crippen molar-refractivity contribution in [1.29, 1.82) is 0 Å². The number of amides is 1. The minimum absolute atomic E-state index is 0.0551. The number of pyridine rings is 1. The van der Waals surface area contributed by atoms with E-state index in [0.717, 1.165) is 29.8 Å². The Morgan fingerprint density at radius 1 is 1.27 bits per heavy atom. The summed E-state index contributed by atoms with van der Waals surface area (Å²) in [5, 5.41) is 0. The summed E-state index contributed by atoms with van der Waals surface area (Å²) in [5.74, 6) is 0.284. The molecule has 2 aromatic rings. The number of likely N-dealkylation sites (tertiary alicyclic amines) is 1. The van der Waals surface area contributed by atoms with E-state index in [9.17, 15) is 4.79 Å². The summed E-state index contributed by atoms with van der Waals surface area (Å²) in [7, 11) is 0. The number of carbonyl (C=O) groups is 1. The maximum absolute atomic E-state index is 13.5. The fourth-order valence-electron chi connectivity index (χ4n) is 4.08. The van der Waals surface area contributed by atoms with Gasteiger partial charge in [0.2, 0.25) is 0 Å². The smallest absolute Gasteiger partial charge is 0.270 e. The molecule has 1 saturated heterocycles. The van der Waals surface area contributed by atoms with Gasteiger partial charge in [-0.05, 0) is 48.6 Å². The van der Waals surface area contributed by atoms with E-state index < -0.39 is 0 Å². The van der Waals surface area contributed by atoms with Gasteiger partial charge in [0.1, 0.15) is 4.88 Å². The summed E-state index contributed by atoms with van der Waals surface area (Å²) >= 11 is 1.27. The van der Waals surface area contributed by atoms with Crippen molar-refractivity contribution < 1.29 is 4.79 Å². The highest BCUT2D eigenvalue weighted by molar-refractivity contribution is 7.11. The van der Waals surface area contributed by atoms with Gasteiger partial charge in [0.25, 0.3) is 5.91 Å². The number of nitrogen functional groups attached to an aromatic ring is 1. The number of anilines is 1. The molecule has 1 aliphatic heterocycles. The molecule has 0 bridgehead atoms. The Balaban J connectivity index is 1.71. The first-order valence-corrected chi connectivity index (χ1v) is 11.0. The second-order valence-corrected chi connectivity index (χ2v) is 9.15. The van der Waals surface area contributed by atoms with Crippen LogP contribution in [0.1, 0.15) is 36.4 Å². The molecule has 5 nitrogen and oxygen atoms in total. The quantitative estimate of drug-likeness (QED) is 0.723. The van der Waals surface area contributed by atoms with Crippen molar-refractivity contribution in [3.05, 3.63) is 77.0 Å². The standard InChI is InChI=1S/C24H26N4OS/c1-24(2)12-14-28(21-11-4-3-8-18(21)24)23(29)22-19(25)9-5-10-20(27-16-30-22)17-7-6-13-26-15-17/h3-7,9-11,13,15-16,18H,8,12,14,25H2,1-2H3. The van der Waals surface area contributed by atoms with Gasteiger partial charge in [-0.15, -0.1) is 11.3 Å². The zero-order valence-corrected chi connectivity index (χ0v) is 18.1. The zero-order valence-electron chi connectivity index (χ0n) is 17.3. The Labute approximate surface area is 181 Å². The third-order valence-corrected chi connectivity index (χ3v) is 6.77. The number of hydrogen-bond acceptors (Lipinski definition) is 5. The molecule has 1 amide bonds. The molecule has 1 aliphatic carbocycles. The molecule has 2 N–H and O–H groups in total. The maximum Gasteiger partial charge on any atom is 0.270 e. The largest absolute Gasteiger partial charge is 0.397 e. The topological polar surface area (TPSA) is 72.1 Å². The van der Waals surface area contributed by atoms with Gasteiger partial charge in [0, 0.05) is 36.1 Å². The van der Waals surface area contributed by atoms with Gasteiger partial charge in [-0.1, -0.05) is 32.1 Å². The highest BCUT2D eigenvalue weighted by Gasteiger charge is 2.41. The molecule has 4 rings (SSSR count). The lowest BCUT2D eigenvalue weighted by atomic mass is 9.69. The molecule has 2 aliphatic rings. The first-order chi connectivity index (χ1) is 14.5. The molecule has 1 atom stereocenters. The zero-order chi connectivity index (χ0) is 21.1. The van der Waals surface area contributed by atoms with E-state index in [4.69, 9.17) is 5.73 Å². The number of aromatic nitrogens is 2. The minimum Gasteiger partial charge on any atom is -0.397 e. The summed E-state index contributed by atoms with van der Waals surface area (Å²) < 4.78 is 0. The lowest BCUT2D eigenvalue weighted by molar-refractivity contribution is 0.0625. The van der Waals surface area contributed by atoms with Crippen LogP contribution in [-0.2, 0) is 0 Å². The molecule has 6 heteroatoms. The van der Waals surface area contributed by atoms with E-state index in [1.54, 1.807) is 24.0 Å². The maximum atomic E-state index is 13.5. The Morgan fingerprint density at radius 2 is 2.13 bits per heavy atom. The van der Waals surface area contributed by atoms with Crippen molar-refractivity contribution in [2.45, 2.75) is 26.7 Å². The second-order valence-electron chi connectivity index (χ2n) is 8.29. The highest BCUT2D eigenvalue weighted by atomic mass is 32.1. The van der Waals surface area contributed by atoms with Crippen LogP contribution in [0.2, 0.25) is 0 Å². The van der Waals surface area contributed by atoms with Crippen LogP contribution in [0.3, 0.4) is 0 Å². The Kier molecular flexibility index (Phi) is 5.68. The van der Waals surface area contributed by atoms with E-state index in [-0.39, 0.29) is 11.3 Å². The van der Waals surface area contributed by atoms with E-state index in [0.29, 0.717) is 23.0 Å². The fraction of sp³-hybridized carbons (Fsp3) is 0.292. The van der Waals surface area contributed by atoms with Crippen molar-refractivity contribution in [2.75, 3.05) is 12.3 Å². The Bertz CT molecular complexity index is 1050. The summed E-state index contributed by atoms with van der Waals surface area (Å²) in [6.07, 6.45) is 11.7. The normalized spacial score (nSPS) is 19.5. The van der Waals surface area contributed by atoms with E-state index in [1.807, 2.05) is 35.2 Å². The second kappa shape index (κ2) is 8.40. The molecular formula is C24H26N4OS. The van der Waals surface area contributed by atoms with Gasteiger partial charge in [0.15, 0.2) is 0 Å². The number of carbonyl (C=O) groups excluding carboxylic acids is 1. The molecule has 3 heterocycles. The van der Waals surface area contributed by atoms with Crippen LogP contribution in [0.25, 0.3) is 11.3 Å². The van der Waals surface area contributed by atoms with Crippen LogP contribution in [0.5, 0.6) is 0 Å². The van der Waals surface area contributed by atoms with Crippen LogP contribution < -0.4 is 5.73 Å². The lowest BCUT2D eigenvalue weighted by Crippen LogP contribution is -2.45. The third-order valence-electron chi connectivity index (χ3n) is 5.92. The number of fused-ring (bicyclic) bond motifs is 1. The molecule has 0 saturated carbocycles. The van der Waals surface area contributed by atoms with Crippen LogP contribution >= 0.6 is 11.3 Å². The average Bonchev–Trinajstić information content (AvgIpc) is 2.84. The van der Waals surface area contributed by atoms with Gasteiger partial charge in [-0.3, -0.25) is 9.78 Å². The Hall–Kier alpha value is -2.99. The van der Waals surface area contributed by atoms with Crippen molar-refractivity contribution >= 4 is 22.9 Å². The van der Waals surface area contributed by atoms with E-state index in [2.05, 4.69) is 36.0 Å². The number of allylic oxidation sites excluding steroid dienone is 4. The number of piperidine rings is 1. The van der Waals surface area contributed by atoms with Crippen molar-refractivity contribution in [1.82, 2.24) is 14.9 Å². The van der Waals surface area contributed by atoms with Crippen molar-refractivity contribution in [2.24, 2.45) is 11.3 Å². The van der Waals surface area contributed by atoms with Crippen LogP contribution in [0.15, 0.2) is 72.2 Å². The van der Waals surface area contributed by atoms with Gasteiger partial charge in [-0.2, -0.15) is 0 Å². The molecule has 0 aromatic carbocycles. The molecule has 1 fully saturated rings. The molecule has 30 heavy (non-hydrogen) atoms. The summed E-state index contributed by atoms with van der Waals surface area (Å²) in [6, 6.07) is 9.30. The SMILES string of the molecule is CC1(C)CCN(C(=O)c2scnc(-c3cccnc3)cccc2N)C2=CC=CCC21. The number of hydrogen-bond donors (Lipinski definition) is 1. The Morgan fingerprint density at radius 3 is 2.93 bits per heavy atom. The summed E-state index contributed by atoms with van der Waals surface area (Å²) in [6.45, 7) is 5.27. The van der Waals surface area contributed by atoms with Crippen molar-refractivity contribution in [3.8, 4) is 11.3 Å². The predicted molar refractivity (Wildman–Crippen MR) is 122 cm³/mol. The van der Waals surface area contributed by atoms with E-state index in [1.165, 1.54) is 11.3 Å². The number of nitrogens with zero attached hydrogens (tertiary/aromatic N) is 3. The summed E-state index contributed by atoms with van der Waals surface area (Å²) in [5.41, 5.74) is 11.4. The minimum atomic E-state index is -0.0551. The molecule has 0 spiro atoms. The lowest BCUT2D eigenvalue weighted by Gasteiger charge is -2.46. The fourth-order valence-corrected chi connectivity index (χ4v) is 4.77. The number of nitrogens with two attached hydrogens (primary N) is 1. The van der Waals surface area contributed by atoms with Gasteiger partial charge in [-0.25, -0.2) is 4.98 Å². The number of rotatable bonds is 2. The predicted octanol–water partition coefficient (Wildman–Crippen LogP) is 5.24. The van der Waals surface area contributed by atoms with Crippen molar-refractivity contribution in [3.63, 3.8) is 0 Å². The molecular weight excluding hydrogens is 392 g/mol. The molecule has 154 valence electrons. The highest BCUT2D eigenvalue weighted by Crippen LogP contribution is 2.45. The monoisotopic (exact) mass is 418 g/mol. The van der Waals surface area contributed by atoms with Crippen LogP contribution in [0, 0.1) is 11.3 Å². The van der Waals surface area contributed by atoms with Gasteiger partial charge >= 0.3 is 0 Å². The molecule has 2 aromatic heterocycles. The first kappa shape index (κ1) is 20.3. The molecule has 1 unspecified atom stereocenters. The first-order valence-electron chi connectivity index (χ1n) is 10.1. The van der Waals surface area contributed by atoms with Gasteiger partial charge in [0.05, 0.1) is 16.9 Å². The third kappa shape index (κ3) is 4.00. The van der Waals surface area contributed by atoms with E-state index >= 15 is 0 Å². The van der Waals surface area contributed by atoms with Gasteiger partial charge < -0.3 is 10.6 Å². The average molecular weight is 419 g/mol.